The van der Waals surface area contributed by atoms with E-state index < -0.39 is 18.4 Å². The van der Waals surface area contributed by atoms with Gasteiger partial charge in [0.05, 0.1) is 6.04 Å². The Balaban J connectivity index is 2.17. The number of H-pyrrole nitrogens is 1. The molecule has 1 atom stereocenters. The van der Waals surface area contributed by atoms with Crippen LogP contribution in [-0.4, -0.2) is 30.9 Å². The van der Waals surface area contributed by atoms with Crippen molar-refractivity contribution in [2.45, 2.75) is 26.3 Å². The molecule has 0 unspecified atom stereocenters. The molecule has 7 nitrogen and oxygen atoms in total. The Bertz CT molecular complexity index is 621. The van der Waals surface area contributed by atoms with Gasteiger partial charge in [-0.2, -0.15) is 10.2 Å². The summed E-state index contributed by atoms with van der Waals surface area (Å²) in [6.07, 6.45) is -1.31. The van der Waals surface area contributed by atoms with E-state index in [1.54, 1.807) is 11.7 Å². The third-order valence-corrected chi connectivity index (χ3v) is 3.04. The summed E-state index contributed by atoms with van der Waals surface area (Å²) in [5.74, 6) is 0.0909. The van der Waals surface area contributed by atoms with Crippen molar-refractivity contribution in [1.82, 2.24) is 30.3 Å². The molecular weight excluding hydrogens is 282 g/mol. The Morgan fingerprint density at radius 2 is 2.14 bits per heavy atom. The summed E-state index contributed by atoms with van der Waals surface area (Å²) in [5, 5.41) is 12.4. The molecule has 2 aromatic rings. The van der Waals surface area contributed by atoms with E-state index in [0.29, 0.717) is 5.82 Å². The zero-order chi connectivity index (χ0) is 15.6. The highest BCUT2D eigenvalue weighted by Gasteiger charge is 2.24. The predicted octanol–water partition coefficient (Wildman–Crippen LogP) is 1.60. The van der Waals surface area contributed by atoms with Crippen molar-refractivity contribution < 1.29 is 13.6 Å². The van der Waals surface area contributed by atoms with Crippen LogP contribution < -0.4 is 5.32 Å². The number of aromatic nitrogens is 5. The predicted molar refractivity (Wildman–Crippen MR) is 69.6 cm³/mol. The maximum absolute atomic E-state index is 12.5. The monoisotopic (exact) mass is 298 g/mol. The first-order valence-electron chi connectivity index (χ1n) is 6.38. The minimum Gasteiger partial charge on any atom is -0.340 e. The summed E-state index contributed by atoms with van der Waals surface area (Å²) >= 11 is 0. The lowest BCUT2D eigenvalue weighted by molar-refractivity contribution is 0.0917. The topological polar surface area (TPSA) is 88.5 Å². The van der Waals surface area contributed by atoms with Crippen LogP contribution in [0.3, 0.4) is 0 Å². The zero-order valence-electron chi connectivity index (χ0n) is 11.8. The number of hydrogen-bond acceptors (Lipinski definition) is 4. The van der Waals surface area contributed by atoms with Crippen molar-refractivity contribution in [3.63, 3.8) is 0 Å². The largest absolute Gasteiger partial charge is 0.340 e. The van der Waals surface area contributed by atoms with Crippen LogP contribution in [0.2, 0.25) is 0 Å². The molecule has 1 amide bonds. The van der Waals surface area contributed by atoms with Gasteiger partial charge in [0, 0.05) is 7.05 Å². The van der Waals surface area contributed by atoms with E-state index >= 15 is 0 Å². The number of halogens is 2. The van der Waals surface area contributed by atoms with Crippen molar-refractivity contribution in [3.8, 4) is 0 Å². The van der Waals surface area contributed by atoms with E-state index in [2.05, 4.69) is 25.6 Å². The van der Waals surface area contributed by atoms with Crippen molar-refractivity contribution in [1.29, 1.82) is 0 Å². The number of amides is 1. The summed E-state index contributed by atoms with van der Waals surface area (Å²) in [7, 11) is 1.72. The number of carbonyl (C=O) groups excluding carboxylic acids is 1. The highest BCUT2D eigenvalue weighted by molar-refractivity contribution is 5.92. The molecule has 0 saturated carbocycles. The molecule has 2 rings (SSSR count). The van der Waals surface area contributed by atoms with Crippen LogP contribution in [0.5, 0.6) is 0 Å². The van der Waals surface area contributed by atoms with Crippen LogP contribution in [0.25, 0.3) is 0 Å². The summed E-state index contributed by atoms with van der Waals surface area (Å²) in [5.41, 5.74) is -0.474. The molecule has 21 heavy (non-hydrogen) atoms. The first-order valence-corrected chi connectivity index (χ1v) is 6.38. The molecule has 2 heterocycles. The van der Waals surface area contributed by atoms with Gasteiger partial charge in [0.15, 0.2) is 0 Å². The van der Waals surface area contributed by atoms with Crippen LogP contribution in [0.15, 0.2) is 12.4 Å². The smallest absolute Gasteiger partial charge is 0.279 e. The number of aromatic amines is 1. The normalized spacial score (nSPS) is 12.9. The maximum atomic E-state index is 12.5. The number of aryl methyl sites for hydroxylation is 1. The molecule has 0 fully saturated rings. The molecule has 0 aliphatic carbocycles. The molecule has 2 aromatic heterocycles. The highest BCUT2D eigenvalue weighted by atomic mass is 19.3. The fraction of sp³-hybridized carbons (Fsp3) is 0.500. The van der Waals surface area contributed by atoms with Gasteiger partial charge in [0.2, 0.25) is 0 Å². The second-order valence-electron chi connectivity index (χ2n) is 4.95. The number of alkyl halides is 2. The van der Waals surface area contributed by atoms with Crippen LogP contribution >= 0.6 is 0 Å². The molecule has 0 aliphatic heterocycles. The molecule has 0 bridgehead atoms. The fourth-order valence-electron chi connectivity index (χ4n) is 1.90. The van der Waals surface area contributed by atoms with Gasteiger partial charge in [0.25, 0.3) is 12.3 Å². The zero-order valence-corrected chi connectivity index (χ0v) is 11.8. The van der Waals surface area contributed by atoms with Crippen LogP contribution in [0, 0.1) is 5.92 Å². The third-order valence-electron chi connectivity index (χ3n) is 3.04. The minimum atomic E-state index is -2.70. The van der Waals surface area contributed by atoms with Crippen molar-refractivity contribution in [2.75, 3.05) is 0 Å². The van der Waals surface area contributed by atoms with Crippen molar-refractivity contribution in [2.24, 2.45) is 13.0 Å². The Morgan fingerprint density at radius 1 is 1.43 bits per heavy atom. The van der Waals surface area contributed by atoms with Crippen LogP contribution in [0.1, 0.15) is 48.3 Å². The van der Waals surface area contributed by atoms with Gasteiger partial charge >= 0.3 is 0 Å². The summed E-state index contributed by atoms with van der Waals surface area (Å²) in [6, 6.07) is 0.644. The molecule has 2 N–H and O–H groups in total. The lowest BCUT2D eigenvalue weighted by Crippen LogP contribution is -2.33. The molecular formula is C12H16F2N6O. The van der Waals surface area contributed by atoms with E-state index in [4.69, 9.17) is 0 Å². The number of nitrogens with zero attached hydrogens (tertiary/aromatic N) is 4. The van der Waals surface area contributed by atoms with E-state index in [1.807, 2.05) is 13.8 Å². The average Bonchev–Trinajstić information content (AvgIpc) is 3.04. The Morgan fingerprint density at radius 3 is 2.62 bits per heavy atom. The lowest BCUT2D eigenvalue weighted by Gasteiger charge is -2.20. The van der Waals surface area contributed by atoms with E-state index in [-0.39, 0.29) is 17.3 Å². The van der Waals surface area contributed by atoms with Gasteiger partial charge in [-0.05, 0) is 12.0 Å². The SMILES string of the molecule is CC(C)[C@@H](NC(=O)c1cc(C(F)F)[nH]n1)c1ncnn1C. The fourth-order valence-corrected chi connectivity index (χ4v) is 1.90. The van der Waals surface area contributed by atoms with Gasteiger partial charge in [0.1, 0.15) is 23.5 Å². The molecule has 0 aromatic carbocycles. The van der Waals surface area contributed by atoms with Gasteiger partial charge in [-0.25, -0.2) is 13.8 Å². The van der Waals surface area contributed by atoms with E-state index in [9.17, 15) is 13.6 Å². The minimum absolute atomic E-state index is 0.0466. The molecule has 0 spiro atoms. The standard InChI is InChI=1S/C12H16F2N6O/c1-6(2)9(11-15-5-16-20(11)3)17-12(21)8-4-7(10(13)14)18-19-8/h4-6,9-10H,1-3H3,(H,17,21)(H,18,19)/t9-/m1/s1. The molecule has 9 heteroatoms. The van der Waals surface area contributed by atoms with Gasteiger partial charge < -0.3 is 5.32 Å². The van der Waals surface area contributed by atoms with E-state index in [0.717, 1.165) is 6.07 Å². The number of carbonyl (C=O) groups is 1. The summed E-state index contributed by atoms with van der Waals surface area (Å²) in [4.78, 5) is 16.2. The number of hydrogen-bond donors (Lipinski definition) is 2. The lowest BCUT2D eigenvalue weighted by atomic mass is 10.0. The first-order chi connectivity index (χ1) is 9.90. The van der Waals surface area contributed by atoms with Gasteiger partial charge in [-0.15, -0.1) is 0 Å². The highest BCUT2D eigenvalue weighted by Crippen LogP contribution is 2.20. The molecule has 0 aliphatic rings. The van der Waals surface area contributed by atoms with Gasteiger partial charge in [-0.1, -0.05) is 13.8 Å². The Hall–Kier alpha value is -2.32. The van der Waals surface area contributed by atoms with Crippen molar-refractivity contribution >= 4 is 5.91 Å². The average molecular weight is 298 g/mol. The van der Waals surface area contributed by atoms with Gasteiger partial charge in [-0.3, -0.25) is 14.6 Å². The van der Waals surface area contributed by atoms with Crippen LogP contribution in [0.4, 0.5) is 8.78 Å². The number of nitrogens with one attached hydrogen (secondary N) is 2. The maximum Gasteiger partial charge on any atom is 0.279 e. The second-order valence-corrected chi connectivity index (χ2v) is 4.95. The second kappa shape index (κ2) is 5.98. The summed E-state index contributed by atoms with van der Waals surface area (Å²) in [6.45, 7) is 3.82. The number of rotatable bonds is 5. The molecule has 114 valence electrons. The first kappa shape index (κ1) is 15.1. The Labute approximate surface area is 119 Å². The van der Waals surface area contributed by atoms with E-state index in [1.165, 1.54) is 6.33 Å². The van der Waals surface area contributed by atoms with Crippen LogP contribution in [-0.2, 0) is 7.05 Å². The van der Waals surface area contributed by atoms with Crippen molar-refractivity contribution in [3.05, 3.63) is 29.6 Å². The molecule has 0 radical (unpaired) electrons. The molecule has 0 saturated heterocycles. The quantitative estimate of drug-likeness (QED) is 0.877. The summed E-state index contributed by atoms with van der Waals surface area (Å²) < 4.78 is 26.5. The Kier molecular flexibility index (Phi) is 4.29. The third kappa shape index (κ3) is 3.23.